The molecule has 0 radical (unpaired) electrons. The molecule has 8 heteroatoms. The van der Waals surface area contributed by atoms with Crippen molar-refractivity contribution in [2.45, 2.75) is 12.9 Å². The maximum absolute atomic E-state index is 11.9. The van der Waals surface area contributed by atoms with E-state index in [0.717, 1.165) is 15.4 Å². The molecule has 4 nitrogen and oxygen atoms in total. The van der Waals surface area contributed by atoms with Gasteiger partial charge in [-0.05, 0) is 18.2 Å². The number of benzene rings is 1. The lowest BCUT2D eigenvalue weighted by Gasteiger charge is -2.09. The summed E-state index contributed by atoms with van der Waals surface area (Å²) in [7, 11) is 0. The monoisotopic (exact) mass is 336 g/mol. The Kier molecular flexibility index (Phi) is 3.91. The summed E-state index contributed by atoms with van der Waals surface area (Å²) < 4.78 is 41.9. The van der Waals surface area contributed by atoms with Gasteiger partial charge in [-0.3, -0.25) is 9.36 Å². The van der Waals surface area contributed by atoms with Gasteiger partial charge in [0.15, 0.2) is 0 Å². The first-order chi connectivity index (χ1) is 8.87. The Morgan fingerprint density at radius 2 is 2.11 bits per heavy atom. The van der Waals surface area contributed by atoms with Gasteiger partial charge in [-0.15, -0.1) is 0 Å². The van der Waals surface area contributed by atoms with E-state index in [1.165, 1.54) is 0 Å². The Hall–Kier alpha value is -1.41. The van der Waals surface area contributed by atoms with Gasteiger partial charge in [0.1, 0.15) is 19.7 Å². The lowest BCUT2D eigenvalue weighted by molar-refractivity contribution is -0.182. The van der Waals surface area contributed by atoms with Gasteiger partial charge in [-0.2, -0.15) is 13.2 Å². The number of rotatable bonds is 3. The summed E-state index contributed by atoms with van der Waals surface area (Å²) in [6.07, 6.45) is -3.26. The van der Waals surface area contributed by atoms with E-state index in [-0.39, 0.29) is 0 Å². The van der Waals surface area contributed by atoms with E-state index in [0.29, 0.717) is 10.9 Å². The summed E-state index contributed by atoms with van der Waals surface area (Å²) in [6.45, 7) is -1.89. The number of alkyl halides is 3. The average Bonchev–Trinajstić information content (AvgIpc) is 2.30. The quantitative estimate of drug-likeness (QED) is 0.865. The van der Waals surface area contributed by atoms with Crippen LogP contribution in [-0.4, -0.2) is 22.3 Å². The van der Waals surface area contributed by atoms with Crippen LogP contribution < -0.4 is 5.56 Å². The van der Waals surface area contributed by atoms with Crippen molar-refractivity contribution in [2.75, 3.05) is 6.61 Å². The van der Waals surface area contributed by atoms with Crippen molar-refractivity contribution in [1.82, 2.24) is 9.55 Å². The zero-order valence-corrected chi connectivity index (χ0v) is 11.0. The molecule has 0 aliphatic heterocycles. The van der Waals surface area contributed by atoms with E-state index in [1.807, 2.05) is 0 Å². The number of halogens is 4. The maximum atomic E-state index is 11.9. The number of aromatic nitrogens is 2. The Bertz CT molecular complexity index is 654. The lowest BCUT2D eigenvalue weighted by atomic mass is 10.2. The molecule has 0 fully saturated rings. The third-order valence-corrected chi connectivity index (χ3v) is 2.78. The predicted molar refractivity (Wildman–Crippen MR) is 65.7 cm³/mol. The summed E-state index contributed by atoms with van der Waals surface area (Å²) in [4.78, 5) is 15.9. The number of hydrogen-bond acceptors (Lipinski definition) is 3. The number of nitrogens with zero attached hydrogens (tertiary/aromatic N) is 2. The predicted octanol–water partition coefficient (Wildman–Crippen LogP) is 2.70. The highest BCUT2D eigenvalue weighted by Gasteiger charge is 2.27. The second-order valence-corrected chi connectivity index (χ2v) is 4.69. The van der Waals surface area contributed by atoms with Gasteiger partial charge >= 0.3 is 6.18 Å². The van der Waals surface area contributed by atoms with Crippen molar-refractivity contribution in [2.24, 2.45) is 0 Å². The third kappa shape index (κ3) is 3.54. The molecule has 0 N–H and O–H groups in total. The molecule has 0 aliphatic rings. The van der Waals surface area contributed by atoms with Gasteiger partial charge < -0.3 is 4.74 Å². The van der Waals surface area contributed by atoms with Gasteiger partial charge in [0.25, 0.3) is 5.56 Å². The minimum Gasteiger partial charge on any atom is -0.351 e. The number of fused-ring (bicyclic) bond motifs is 1. The largest absolute Gasteiger partial charge is 0.411 e. The van der Waals surface area contributed by atoms with Crippen molar-refractivity contribution >= 4 is 26.8 Å². The zero-order chi connectivity index (χ0) is 14.0. The zero-order valence-electron chi connectivity index (χ0n) is 9.45. The third-order valence-electron chi connectivity index (χ3n) is 2.28. The molecule has 0 unspecified atom stereocenters. The topological polar surface area (TPSA) is 44.1 Å². The highest BCUT2D eigenvalue weighted by atomic mass is 79.9. The van der Waals surface area contributed by atoms with Crippen LogP contribution in [0.1, 0.15) is 0 Å². The van der Waals surface area contributed by atoms with Crippen molar-refractivity contribution in [3.8, 4) is 0 Å². The molecular formula is C11H8BrF3N2O2. The molecule has 0 bridgehead atoms. The Morgan fingerprint density at radius 3 is 2.79 bits per heavy atom. The molecule has 0 saturated heterocycles. The van der Waals surface area contributed by atoms with Gasteiger partial charge in [0, 0.05) is 4.47 Å². The fourth-order valence-electron chi connectivity index (χ4n) is 1.48. The molecule has 0 atom stereocenters. The van der Waals surface area contributed by atoms with Crippen LogP contribution in [0.4, 0.5) is 13.2 Å². The molecule has 0 saturated carbocycles. The van der Waals surface area contributed by atoms with Crippen molar-refractivity contribution < 1.29 is 17.9 Å². The molecule has 1 aromatic carbocycles. The molecule has 102 valence electrons. The second kappa shape index (κ2) is 5.30. The molecule has 19 heavy (non-hydrogen) atoms. The van der Waals surface area contributed by atoms with Crippen molar-refractivity contribution in [1.29, 1.82) is 0 Å². The fourth-order valence-corrected chi connectivity index (χ4v) is 1.83. The molecule has 1 heterocycles. The standard InChI is InChI=1S/C11H8BrF3N2O2/c12-7-1-2-8-9(3-7)16-5-17(10(8)18)6-19-4-11(13,14)15/h1-3,5H,4,6H2. The van der Waals surface area contributed by atoms with E-state index in [4.69, 9.17) is 0 Å². The normalized spacial score (nSPS) is 12.0. The summed E-state index contributed by atoms with van der Waals surface area (Å²) in [6, 6.07) is 4.86. The SMILES string of the molecule is O=c1c2ccc(Br)cc2ncn1COCC(F)(F)F. The first-order valence-electron chi connectivity index (χ1n) is 5.16. The van der Waals surface area contributed by atoms with Crippen LogP contribution >= 0.6 is 15.9 Å². The van der Waals surface area contributed by atoms with Crippen molar-refractivity contribution in [3.05, 3.63) is 39.4 Å². The van der Waals surface area contributed by atoms with Gasteiger partial charge in [0.05, 0.1) is 10.9 Å². The highest BCUT2D eigenvalue weighted by molar-refractivity contribution is 9.10. The Labute approximate surface area is 113 Å². The molecule has 1 aromatic heterocycles. The molecule has 0 aliphatic carbocycles. The number of ether oxygens (including phenoxy) is 1. The van der Waals surface area contributed by atoms with Crippen LogP contribution in [0.25, 0.3) is 10.9 Å². The summed E-state index contributed by atoms with van der Waals surface area (Å²) in [5, 5.41) is 0.321. The summed E-state index contributed by atoms with van der Waals surface area (Å²) in [5.74, 6) is 0. The molecule has 0 spiro atoms. The highest BCUT2D eigenvalue weighted by Crippen LogP contribution is 2.16. The summed E-state index contributed by atoms with van der Waals surface area (Å²) >= 11 is 3.24. The Balaban J connectivity index is 2.23. The van der Waals surface area contributed by atoms with Crippen LogP contribution in [-0.2, 0) is 11.5 Å². The summed E-state index contributed by atoms with van der Waals surface area (Å²) in [5.41, 5.74) is 0.0196. The van der Waals surface area contributed by atoms with E-state index >= 15 is 0 Å². The van der Waals surface area contributed by atoms with Gasteiger partial charge in [-0.1, -0.05) is 15.9 Å². The van der Waals surface area contributed by atoms with Gasteiger partial charge in [-0.25, -0.2) is 4.98 Å². The lowest BCUT2D eigenvalue weighted by Crippen LogP contribution is -2.25. The number of hydrogen-bond donors (Lipinski definition) is 0. The second-order valence-electron chi connectivity index (χ2n) is 3.77. The van der Waals surface area contributed by atoms with Crippen LogP contribution in [0.3, 0.4) is 0 Å². The van der Waals surface area contributed by atoms with E-state index in [9.17, 15) is 18.0 Å². The molecule has 2 rings (SSSR count). The molecular weight excluding hydrogens is 329 g/mol. The van der Waals surface area contributed by atoms with Crippen LogP contribution in [0.15, 0.2) is 33.8 Å². The minimum absolute atomic E-state index is 0.321. The van der Waals surface area contributed by atoms with Crippen LogP contribution in [0.5, 0.6) is 0 Å². The van der Waals surface area contributed by atoms with E-state index in [2.05, 4.69) is 25.7 Å². The van der Waals surface area contributed by atoms with Crippen molar-refractivity contribution in [3.63, 3.8) is 0 Å². The average molecular weight is 337 g/mol. The van der Waals surface area contributed by atoms with Crippen LogP contribution in [0, 0.1) is 0 Å². The molecule has 0 amide bonds. The minimum atomic E-state index is -4.42. The van der Waals surface area contributed by atoms with Gasteiger partial charge in [0.2, 0.25) is 0 Å². The van der Waals surface area contributed by atoms with E-state index in [1.54, 1.807) is 18.2 Å². The first-order valence-corrected chi connectivity index (χ1v) is 5.95. The maximum Gasteiger partial charge on any atom is 0.411 e. The first kappa shape index (κ1) is 14.0. The van der Waals surface area contributed by atoms with Crippen LogP contribution in [0.2, 0.25) is 0 Å². The Morgan fingerprint density at radius 1 is 1.37 bits per heavy atom. The molecule has 2 aromatic rings. The fraction of sp³-hybridized carbons (Fsp3) is 0.273. The smallest absolute Gasteiger partial charge is 0.351 e. The van der Waals surface area contributed by atoms with E-state index < -0.39 is 25.1 Å².